The molecule has 0 spiro atoms. The van der Waals surface area contributed by atoms with E-state index in [0.717, 1.165) is 5.69 Å². The van der Waals surface area contributed by atoms with E-state index in [4.69, 9.17) is 9.47 Å². The van der Waals surface area contributed by atoms with Gasteiger partial charge in [-0.2, -0.15) is 8.78 Å². The summed E-state index contributed by atoms with van der Waals surface area (Å²) in [6, 6.07) is 7.96. The Hall–Kier alpha value is -4.15. The molecule has 1 aromatic carbocycles. The van der Waals surface area contributed by atoms with Crippen LogP contribution in [0.15, 0.2) is 48.9 Å². The van der Waals surface area contributed by atoms with E-state index in [-0.39, 0.29) is 23.2 Å². The number of imidazole rings is 1. The Morgan fingerprint density at radius 1 is 1.15 bits per heavy atom. The van der Waals surface area contributed by atoms with Crippen LogP contribution in [-0.4, -0.2) is 51.6 Å². The highest BCUT2D eigenvalue weighted by Crippen LogP contribution is 2.36. The SMILES string of the molecule is CCOC(=O)C1(C)CCN(c2ncc(-c3cn4c(C(C)c5ccccc5OC(F)F)c(C)nc4cc3F)cn2)CC1. The number of fused-ring (bicyclic) bond motifs is 1. The quantitative estimate of drug-likeness (QED) is 0.236. The van der Waals surface area contributed by atoms with Gasteiger partial charge in [0.1, 0.15) is 17.2 Å². The molecule has 0 radical (unpaired) electrons. The number of esters is 1. The number of hydrogen-bond acceptors (Lipinski definition) is 7. The highest BCUT2D eigenvalue weighted by molar-refractivity contribution is 5.76. The fraction of sp³-hybridized carbons (Fsp3) is 0.400. The number of alkyl halides is 2. The monoisotopic (exact) mass is 567 g/mol. The Balaban J connectivity index is 1.42. The molecule has 41 heavy (non-hydrogen) atoms. The van der Waals surface area contributed by atoms with Gasteiger partial charge in [0, 0.05) is 60.4 Å². The molecular weight excluding hydrogens is 535 g/mol. The number of piperidine rings is 1. The first-order valence-electron chi connectivity index (χ1n) is 13.6. The van der Waals surface area contributed by atoms with Crippen molar-refractivity contribution in [3.63, 3.8) is 0 Å². The summed E-state index contributed by atoms with van der Waals surface area (Å²) in [7, 11) is 0. The van der Waals surface area contributed by atoms with Gasteiger partial charge in [-0.25, -0.2) is 19.3 Å². The van der Waals surface area contributed by atoms with E-state index >= 15 is 4.39 Å². The van der Waals surface area contributed by atoms with Gasteiger partial charge >= 0.3 is 12.6 Å². The number of benzene rings is 1. The van der Waals surface area contributed by atoms with Crippen molar-refractivity contribution in [2.75, 3.05) is 24.6 Å². The van der Waals surface area contributed by atoms with E-state index in [9.17, 15) is 13.6 Å². The van der Waals surface area contributed by atoms with Crippen LogP contribution < -0.4 is 9.64 Å². The molecule has 0 saturated carbocycles. The fourth-order valence-electron chi connectivity index (χ4n) is 5.46. The Kier molecular flexibility index (Phi) is 7.88. The Morgan fingerprint density at radius 2 is 1.83 bits per heavy atom. The van der Waals surface area contributed by atoms with Crippen molar-refractivity contribution >= 4 is 17.6 Å². The van der Waals surface area contributed by atoms with E-state index in [2.05, 4.69) is 15.0 Å². The molecule has 5 rings (SSSR count). The van der Waals surface area contributed by atoms with E-state index < -0.39 is 17.8 Å². The highest BCUT2D eigenvalue weighted by atomic mass is 19.3. The van der Waals surface area contributed by atoms with Gasteiger partial charge in [0.25, 0.3) is 0 Å². The summed E-state index contributed by atoms with van der Waals surface area (Å²) in [6.07, 6.45) is 6.02. The zero-order valence-corrected chi connectivity index (χ0v) is 23.4. The topological polar surface area (TPSA) is 81.9 Å². The van der Waals surface area contributed by atoms with Gasteiger partial charge < -0.3 is 18.8 Å². The first-order valence-corrected chi connectivity index (χ1v) is 13.6. The molecule has 4 heterocycles. The number of para-hydroxylation sites is 1. The number of hydrogen-bond donors (Lipinski definition) is 0. The largest absolute Gasteiger partial charge is 0.466 e. The lowest BCUT2D eigenvalue weighted by molar-refractivity contribution is -0.155. The van der Waals surface area contributed by atoms with Crippen LogP contribution in [-0.2, 0) is 9.53 Å². The maximum absolute atomic E-state index is 15.3. The molecule has 1 atom stereocenters. The van der Waals surface area contributed by atoms with Crippen molar-refractivity contribution in [2.45, 2.75) is 53.1 Å². The third-order valence-electron chi connectivity index (χ3n) is 7.81. The van der Waals surface area contributed by atoms with Gasteiger partial charge in [0.2, 0.25) is 5.95 Å². The zero-order valence-electron chi connectivity index (χ0n) is 23.4. The molecule has 11 heteroatoms. The number of nitrogens with zero attached hydrogens (tertiary/aromatic N) is 5. The van der Waals surface area contributed by atoms with Crippen LogP contribution >= 0.6 is 0 Å². The van der Waals surface area contributed by atoms with Gasteiger partial charge in [-0.3, -0.25) is 4.79 Å². The fourth-order valence-corrected chi connectivity index (χ4v) is 5.46. The number of aryl methyl sites for hydroxylation is 1. The standard InChI is InChI=1S/C30H32F3N5O3/c1-5-40-27(39)30(4)10-12-37(13-11-30)29-34-15-20(16-35-29)22-17-38-25(14-23(22)31)36-19(3)26(38)18(2)21-8-6-7-9-24(21)41-28(32)33/h6-9,14-18,28H,5,10-13H2,1-4H3. The summed E-state index contributed by atoms with van der Waals surface area (Å²) in [4.78, 5) is 27.9. The minimum absolute atomic E-state index is 0.0796. The third-order valence-corrected chi connectivity index (χ3v) is 7.81. The smallest absolute Gasteiger partial charge is 0.387 e. The van der Waals surface area contributed by atoms with Crippen LogP contribution in [0.4, 0.5) is 19.1 Å². The molecule has 0 N–H and O–H groups in total. The van der Waals surface area contributed by atoms with Gasteiger partial charge in [-0.15, -0.1) is 0 Å². The lowest BCUT2D eigenvalue weighted by Crippen LogP contribution is -2.44. The predicted molar refractivity (Wildman–Crippen MR) is 148 cm³/mol. The molecule has 1 saturated heterocycles. The number of pyridine rings is 1. The van der Waals surface area contributed by atoms with E-state index in [1.807, 2.05) is 18.7 Å². The minimum atomic E-state index is -2.96. The minimum Gasteiger partial charge on any atom is -0.466 e. The Morgan fingerprint density at radius 3 is 2.49 bits per heavy atom. The summed E-state index contributed by atoms with van der Waals surface area (Å²) in [5, 5.41) is 0. The molecule has 216 valence electrons. The van der Waals surface area contributed by atoms with Crippen LogP contribution in [0.5, 0.6) is 5.75 Å². The van der Waals surface area contributed by atoms with E-state index in [1.165, 1.54) is 12.1 Å². The van der Waals surface area contributed by atoms with Crippen molar-refractivity contribution in [1.82, 2.24) is 19.4 Å². The Bertz CT molecular complexity index is 1550. The summed E-state index contributed by atoms with van der Waals surface area (Å²) in [6.45, 7) is 5.98. The number of carbonyl (C=O) groups is 1. The van der Waals surface area contributed by atoms with Crippen LogP contribution in [0.2, 0.25) is 0 Å². The zero-order chi connectivity index (χ0) is 29.3. The van der Waals surface area contributed by atoms with Crippen molar-refractivity contribution < 1.29 is 27.4 Å². The number of rotatable bonds is 8. The third kappa shape index (κ3) is 5.57. The van der Waals surface area contributed by atoms with Crippen LogP contribution in [0.25, 0.3) is 16.8 Å². The van der Waals surface area contributed by atoms with Gasteiger partial charge in [0.15, 0.2) is 0 Å². The lowest BCUT2D eigenvalue weighted by atomic mass is 9.80. The lowest BCUT2D eigenvalue weighted by Gasteiger charge is -2.37. The van der Waals surface area contributed by atoms with Crippen molar-refractivity contribution in [3.05, 3.63) is 71.7 Å². The maximum atomic E-state index is 15.3. The Labute approximate surface area is 236 Å². The highest BCUT2D eigenvalue weighted by Gasteiger charge is 2.38. The summed E-state index contributed by atoms with van der Waals surface area (Å²) in [5.41, 5.74) is 2.56. The molecule has 1 aliphatic rings. The number of ether oxygens (including phenoxy) is 2. The first-order chi connectivity index (χ1) is 19.6. The first kappa shape index (κ1) is 28.4. The van der Waals surface area contributed by atoms with Crippen LogP contribution in [0.3, 0.4) is 0 Å². The molecule has 8 nitrogen and oxygen atoms in total. The molecule has 1 fully saturated rings. The van der Waals surface area contributed by atoms with Crippen molar-refractivity contribution in [2.24, 2.45) is 5.41 Å². The van der Waals surface area contributed by atoms with Crippen molar-refractivity contribution in [1.29, 1.82) is 0 Å². The average molecular weight is 568 g/mol. The average Bonchev–Trinajstić information content (AvgIpc) is 3.27. The molecular formula is C30H32F3N5O3. The van der Waals surface area contributed by atoms with Crippen LogP contribution in [0, 0.1) is 18.2 Å². The number of halogens is 3. The second-order valence-electron chi connectivity index (χ2n) is 10.5. The molecule has 0 bridgehead atoms. The van der Waals surface area contributed by atoms with Crippen LogP contribution in [0.1, 0.15) is 56.5 Å². The molecule has 4 aromatic rings. The van der Waals surface area contributed by atoms with Crippen molar-refractivity contribution in [3.8, 4) is 16.9 Å². The van der Waals surface area contributed by atoms with E-state index in [1.54, 1.807) is 55.0 Å². The van der Waals surface area contributed by atoms with E-state index in [0.29, 0.717) is 61.0 Å². The van der Waals surface area contributed by atoms with Gasteiger partial charge in [-0.05, 0) is 39.7 Å². The molecule has 1 unspecified atom stereocenters. The van der Waals surface area contributed by atoms with Gasteiger partial charge in [-0.1, -0.05) is 25.1 Å². The maximum Gasteiger partial charge on any atom is 0.387 e. The number of carbonyl (C=O) groups excluding carboxylic acids is 1. The summed E-state index contributed by atoms with van der Waals surface area (Å²) >= 11 is 0. The molecule has 3 aromatic heterocycles. The molecule has 0 aliphatic carbocycles. The molecule has 0 amide bonds. The molecule has 1 aliphatic heterocycles. The number of aromatic nitrogens is 4. The van der Waals surface area contributed by atoms with Gasteiger partial charge in [0.05, 0.1) is 23.4 Å². The normalized spacial score (nSPS) is 15.8. The predicted octanol–water partition coefficient (Wildman–Crippen LogP) is 6.16. The number of anilines is 1. The second-order valence-corrected chi connectivity index (χ2v) is 10.5. The second kappa shape index (κ2) is 11.4. The summed E-state index contributed by atoms with van der Waals surface area (Å²) in [5.74, 6) is -0.463. The summed E-state index contributed by atoms with van der Waals surface area (Å²) < 4.78 is 53.2.